The highest BCUT2D eigenvalue weighted by molar-refractivity contribution is 5.75. The van der Waals surface area contributed by atoms with Crippen molar-refractivity contribution in [2.24, 2.45) is 0 Å². The van der Waals surface area contributed by atoms with E-state index in [9.17, 15) is 4.79 Å². The maximum Gasteiger partial charge on any atom is 0.135 e. The molecule has 0 aromatic heterocycles. The van der Waals surface area contributed by atoms with Crippen LogP contribution >= 0.6 is 0 Å². The largest absolute Gasteiger partial charge is 0.326 e. The number of nitrogens with zero attached hydrogens (tertiary/aromatic N) is 1. The second-order valence-corrected chi connectivity index (χ2v) is 3.43. The van der Waals surface area contributed by atoms with Crippen molar-refractivity contribution >= 4 is 5.78 Å². The van der Waals surface area contributed by atoms with Gasteiger partial charge in [0, 0.05) is 0 Å². The van der Waals surface area contributed by atoms with Crippen molar-refractivity contribution in [3.05, 3.63) is 0 Å². The molecule has 0 aliphatic heterocycles. The number of Topliss-reactive ketones (excluding diaryl/α,β-unsaturated/α-hetero) is 1. The minimum atomic E-state index is 0.302. The topological polar surface area (TPSA) is 17.1 Å². The third-order valence-corrected chi connectivity index (χ3v) is 2.53. The first-order valence-corrected chi connectivity index (χ1v) is 4.37. The molecular weight excluding hydrogens is 139 g/mol. The Labute approximate surface area is 69.8 Å². The lowest BCUT2D eigenvalue weighted by molar-refractivity contribution is -0.905. The molecule has 0 aromatic carbocycles. The Hall–Kier alpha value is -0.370. The van der Waals surface area contributed by atoms with Crippen molar-refractivity contribution < 1.29 is 9.28 Å². The van der Waals surface area contributed by atoms with Gasteiger partial charge in [0.25, 0.3) is 0 Å². The average Bonchev–Trinajstić information content (AvgIpc) is 2.00. The molecule has 2 nitrogen and oxygen atoms in total. The third kappa shape index (κ3) is 4.14. The van der Waals surface area contributed by atoms with E-state index in [1.807, 2.05) is 0 Å². The van der Waals surface area contributed by atoms with Gasteiger partial charge >= 0.3 is 0 Å². The quantitative estimate of drug-likeness (QED) is 0.438. The van der Waals surface area contributed by atoms with Gasteiger partial charge in [0.15, 0.2) is 0 Å². The summed E-state index contributed by atoms with van der Waals surface area (Å²) in [6, 6.07) is 0. The fraction of sp³-hybridized carbons (Fsp3) is 0.889. The number of ketones is 1. The van der Waals surface area contributed by atoms with E-state index < -0.39 is 0 Å². The van der Waals surface area contributed by atoms with E-state index in [1.54, 1.807) is 6.92 Å². The Morgan fingerprint density at radius 2 is 1.73 bits per heavy atom. The van der Waals surface area contributed by atoms with Crippen LogP contribution < -0.4 is 0 Å². The number of carbonyl (C=O) groups is 1. The number of hydrogen-bond acceptors (Lipinski definition) is 1. The Balaban J connectivity index is 3.78. The summed E-state index contributed by atoms with van der Waals surface area (Å²) in [6.07, 6.45) is 0.720. The van der Waals surface area contributed by atoms with Crippen LogP contribution in [0.15, 0.2) is 0 Å². The van der Waals surface area contributed by atoms with Crippen molar-refractivity contribution in [1.82, 2.24) is 0 Å². The van der Waals surface area contributed by atoms with Gasteiger partial charge in [-0.3, -0.25) is 4.79 Å². The molecule has 2 heteroatoms. The van der Waals surface area contributed by atoms with Gasteiger partial charge in [-0.1, -0.05) is 0 Å². The molecule has 0 N–H and O–H groups in total. The van der Waals surface area contributed by atoms with Gasteiger partial charge in [0.05, 0.1) is 33.1 Å². The maximum absolute atomic E-state index is 10.7. The Bertz CT molecular complexity index is 128. The minimum absolute atomic E-state index is 0.302. The molecule has 0 saturated carbocycles. The average molecular weight is 159 g/mol. The zero-order valence-corrected chi connectivity index (χ0v) is 8.18. The zero-order chi connectivity index (χ0) is 8.91. The number of rotatable bonds is 5. The summed E-state index contributed by atoms with van der Waals surface area (Å²) in [4.78, 5) is 10.7. The predicted molar refractivity (Wildman–Crippen MR) is 47.4 cm³/mol. The van der Waals surface area contributed by atoms with Gasteiger partial charge in [0.1, 0.15) is 5.78 Å². The SMILES string of the molecule is CC[N+](C)(CC)CC[13C](C)=O. The Morgan fingerprint density at radius 1 is 1.27 bits per heavy atom. The number of carbonyl (C=O) groups excluding carboxylic acids is 1. The van der Waals surface area contributed by atoms with Gasteiger partial charge in [-0.2, -0.15) is 0 Å². The molecule has 0 saturated heterocycles. The fourth-order valence-electron chi connectivity index (χ4n) is 0.967. The molecule has 0 atom stereocenters. The van der Waals surface area contributed by atoms with E-state index in [4.69, 9.17) is 0 Å². The highest BCUT2D eigenvalue weighted by Gasteiger charge is 2.16. The monoisotopic (exact) mass is 159 g/mol. The first-order valence-electron chi connectivity index (χ1n) is 4.37. The summed E-state index contributed by atoms with van der Waals surface area (Å²) in [6.45, 7) is 9.22. The van der Waals surface area contributed by atoms with Crippen LogP contribution in [-0.2, 0) is 4.79 Å². The van der Waals surface area contributed by atoms with Crippen LogP contribution in [0.4, 0.5) is 0 Å². The van der Waals surface area contributed by atoms with Crippen LogP contribution in [0.25, 0.3) is 0 Å². The van der Waals surface area contributed by atoms with Crippen molar-refractivity contribution in [2.45, 2.75) is 27.2 Å². The van der Waals surface area contributed by atoms with Crippen LogP contribution in [-0.4, -0.2) is 36.9 Å². The molecule has 0 unspecified atom stereocenters. The van der Waals surface area contributed by atoms with Crippen LogP contribution in [0.3, 0.4) is 0 Å². The summed E-state index contributed by atoms with van der Waals surface area (Å²) in [5.74, 6) is 0.302. The molecule has 0 rings (SSSR count). The van der Waals surface area contributed by atoms with E-state index >= 15 is 0 Å². The van der Waals surface area contributed by atoms with Gasteiger partial charge in [-0.25, -0.2) is 0 Å². The standard InChI is InChI=1S/C9H20NO/c1-5-10(4,6-2)8-7-9(3)11/h5-8H2,1-4H3/q+1/i9+1. The van der Waals surface area contributed by atoms with Gasteiger partial charge in [-0.05, 0) is 20.8 Å². The van der Waals surface area contributed by atoms with Crippen LogP contribution in [0.5, 0.6) is 0 Å². The van der Waals surface area contributed by atoms with E-state index in [0.29, 0.717) is 5.78 Å². The lowest BCUT2D eigenvalue weighted by Gasteiger charge is -2.31. The van der Waals surface area contributed by atoms with Crippen LogP contribution in [0.1, 0.15) is 27.2 Å². The number of quaternary nitrogens is 1. The van der Waals surface area contributed by atoms with Crippen LogP contribution in [0.2, 0.25) is 0 Å². The van der Waals surface area contributed by atoms with Crippen molar-refractivity contribution in [3.8, 4) is 0 Å². The lowest BCUT2D eigenvalue weighted by Crippen LogP contribution is -2.44. The summed E-state index contributed by atoms with van der Waals surface area (Å²) in [5.41, 5.74) is 0. The molecule has 0 heterocycles. The van der Waals surface area contributed by atoms with Gasteiger partial charge < -0.3 is 4.48 Å². The van der Waals surface area contributed by atoms with Crippen LogP contribution in [0, 0.1) is 0 Å². The second-order valence-electron chi connectivity index (χ2n) is 3.43. The Kier molecular flexibility index (Phi) is 4.34. The molecule has 66 valence electrons. The first kappa shape index (κ1) is 10.6. The molecular formula is C9H20NO+. The molecule has 0 spiro atoms. The number of hydrogen-bond donors (Lipinski definition) is 0. The summed E-state index contributed by atoms with van der Waals surface area (Å²) in [5, 5.41) is 0. The third-order valence-electron chi connectivity index (χ3n) is 2.53. The molecule has 0 aromatic rings. The summed E-state index contributed by atoms with van der Waals surface area (Å²) < 4.78 is 1.01. The smallest absolute Gasteiger partial charge is 0.135 e. The normalized spacial score (nSPS) is 11.6. The van der Waals surface area contributed by atoms with E-state index in [1.165, 1.54) is 0 Å². The molecule has 0 fully saturated rings. The van der Waals surface area contributed by atoms with Crippen molar-refractivity contribution in [1.29, 1.82) is 0 Å². The lowest BCUT2D eigenvalue weighted by atomic mass is 10.3. The minimum Gasteiger partial charge on any atom is -0.326 e. The maximum atomic E-state index is 10.7. The molecule has 0 aliphatic carbocycles. The highest BCUT2D eigenvalue weighted by Crippen LogP contribution is 2.02. The zero-order valence-electron chi connectivity index (χ0n) is 8.18. The molecule has 0 bridgehead atoms. The fourth-order valence-corrected chi connectivity index (χ4v) is 0.967. The van der Waals surface area contributed by atoms with E-state index in [-0.39, 0.29) is 0 Å². The van der Waals surface area contributed by atoms with E-state index in [0.717, 1.165) is 30.5 Å². The molecule has 11 heavy (non-hydrogen) atoms. The highest BCUT2D eigenvalue weighted by atomic mass is 16.2. The second kappa shape index (κ2) is 4.50. The van der Waals surface area contributed by atoms with Crippen molar-refractivity contribution in [2.75, 3.05) is 26.7 Å². The van der Waals surface area contributed by atoms with Gasteiger partial charge in [0.2, 0.25) is 0 Å². The summed E-state index contributed by atoms with van der Waals surface area (Å²) >= 11 is 0. The Morgan fingerprint density at radius 3 is 2.00 bits per heavy atom. The summed E-state index contributed by atoms with van der Waals surface area (Å²) in [7, 11) is 2.20. The molecule has 0 amide bonds. The van der Waals surface area contributed by atoms with Crippen molar-refractivity contribution in [3.63, 3.8) is 0 Å². The van der Waals surface area contributed by atoms with Gasteiger partial charge in [-0.15, -0.1) is 0 Å². The first-order chi connectivity index (χ1) is 5.04. The molecule has 0 aliphatic rings. The predicted octanol–water partition coefficient (Wildman–Crippen LogP) is 1.45. The van der Waals surface area contributed by atoms with E-state index in [2.05, 4.69) is 20.9 Å². The molecule has 0 radical (unpaired) electrons.